The van der Waals surface area contributed by atoms with E-state index >= 15 is 0 Å². The van der Waals surface area contributed by atoms with Crippen molar-refractivity contribution in [1.82, 2.24) is 0 Å². The average Bonchev–Trinajstić information content (AvgIpc) is 2.65. The van der Waals surface area contributed by atoms with Gasteiger partial charge in [-0.2, -0.15) is 0 Å². The number of carbonyl (C=O) groups excluding carboxylic acids is 1. The zero-order chi connectivity index (χ0) is 14.9. The first kappa shape index (κ1) is 15.6. The van der Waals surface area contributed by atoms with Gasteiger partial charge in [-0.3, -0.25) is 4.79 Å². The van der Waals surface area contributed by atoms with Crippen LogP contribution in [-0.2, 0) is 14.6 Å². The molecule has 20 heavy (non-hydrogen) atoms. The number of hydrogen-bond acceptors (Lipinski definition) is 4. The van der Waals surface area contributed by atoms with Crippen LogP contribution in [0.25, 0.3) is 0 Å². The Balaban J connectivity index is 2.38. The van der Waals surface area contributed by atoms with E-state index in [0.29, 0.717) is 10.7 Å². The van der Waals surface area contributed by atoms with Crippen LogP contribution in [-0.4, -0.2) is 49.0 Å². The molecule has 5 nitrogen and oxygen atoms in total. The van der Waals surface area contributed by atoms with Crippen LogP contribution in [0.5, 0.6) is 0 Å². The van der Waals surface area contributed by atoms with Gasteiger partial charge in [0, 0.05) is 10.7 Å². The third-order valence-corrected chi connectivity index (χ3v) is 5.29. The first-order chi connectivity index (χ1) is 9.34. The number of carbonyl (C=O) groups is 1. The van der Waals surface area contributed by atoms with Crippen molar-refractivity contribution in [3.63, 3.8) is 0 Å². The van der Waals surface area contributed by atoms with Crippen molar-refractivity contribution < 1.29 is 18.3 Å². The van der Waals surface area contributed by atoms with Gasteiger partial charge in [0.05, 0.1) is 23.7 Å². The van der Waals surface area contributed by atoms with E-state index in [1.165, 1.54) is 4.90 Å². The van der Waals surface area contributed by atoms with Crippen molar-refractivity contribution in [2.45, 2.75) is 12.1 Å². The molecule has 0 aliphatic carbocycles. The van der Waals surface area contributed by atoms with Gasteiger partial charge < -0.3 is 10.0 Å². The molecule has 0 bridgehead atoms. The lowest BCUT2D eigenvalue weighted by molar-refractivity contribution is -0.117. The molecule has 0 radical (unpaired) electrons. The summed E-state index contributed by atoms with van der Waals surface area (Å²) in [4.78, 5) is 13.2. The lowest BCUT2D eigenvalue weighted by Gasteiger charge is -2.29. The van der Waals surface area contributed by atoms with Crippen molar-refractivity contribution in [1.29, 1.82) is 0 Å². The molecule has 0 unspecified atom stereocenters. The maximum absolute atomic E-state index is 12.0. The van der Waals surface area contributed by atoms with Gasteiger partial charge >= 0.3 is 0 Å². The average molecular weight is 338 g/mol. The Morgan fingerprint density at radius 2 is 1.90 bits per heavy atom. The van der Waals surface area contributed by atoms with Gasteiger partial charge in [0.2, 0.25) is 5.91 Å². The number of nitrogens with zero attached hydrogens (tertiary/aromatic N) is 1. The van der Waals surface area contributed by atoms with Crippen LogP contribution < -0.4 is 4.90 Å². The van der Waals surface area contributed by atoms with Crippen LogP contribution in [0.4, 0.5) is 5.69 Å². The summed E-state index contributed by atoms with van der Waals surface area (Å²) in [6.45, 7) is 0. The zero-order valence-corrected chi connectivity index (χ0v) is 12.7. The molecule has 0 spiro atoms. The van der Waals surface area contributed by atoms with Gasteiger partial charge in [-0.05, 0) is 24.3 Å². The molecule has 1 fully saturated rings. The largest absolute Gasteiger partial charge is 0.390 e. The molecule has 8 heteroatoms. The van der Waals surface area contributed by atoms with Crippen molar-refractivity contribution in [2.75, 3.05) is 22.3 Å². The summed E-state index contributed by atoms with van der Waals surface area (Å²) >= 11 is 11.4. The van der Waals surface area contributed by atoms with Gasteiger partial charge in [-0.25, -0.2) is 8.42 Å². The number of alkyl halides is 1. The molecular weight excluding hydrogens is 325 g/mol. The second-order valence-electron chi connectivity index (χ2n) is 4.59. The maximum atomic E-state index is 12.0. The maximum Gasteiger partial charge on any atom is 0.242 e. The molecule has 1 aliphatic rings. The smallest absolute Gasteiger partial charge is 0.242 e. The standard InChI is InChI=1S/C12H13Cl2NO4S/c13-5-12(17)15(9-3-1-8(14)2-4-9)10-6-20(18,19)7-11(10)16/h1-4,10-11,16H,5-7H2/t10-,11+/m1/s1. The number of benzene rings is 1. The first-order valence-corrected chi connectivity index (χ1v) is 8.59. The Bertz CT molecular complexity index is 602. The van der Waals surface area contributed by atoms with E-state index in [1.54, 1.807) is 24.3 Å². The third kappa shape index (κ3) is 3.25. The normalized spacial score (nSPS) is 24.6. The molecule has 1 heterocycles. The number of halogens is 2. The van der Waals surface area contributed by atoms with Gasteiger partial charge in [0.15, 0.2) is 9.84 Å². The quantitative estimate of drug-likeness (QED) is 0.837. The number of aliphatic hydroxyl groups excluding tert-OH is 1. The Labute approximate surface area is 127 Å². The number of amides is 1. The van der Waals surface area contributed by atoms with Gasteiger partial charge in [0.25, 0.3) is 0 Å². The highest BCUT2D eigenvalue weighted by molar-refractivity contribution is 7.91. The monoisotopic (exact) mass is 337 g/mol. The molecule has 1 aromatic carbocycles. The van der Waals surface area contributed by atoms with E-state index in [2.05, 4.69) is 0 Å². The second-order valence-corrected chi connectivity index (χ2v) is 7.44. The van der Waals surface area contributed by atoms with E-state index < -0.39 is 27.9 Å². The van der Waals surface area contributed by atoms with Crippen molar-refractivity contribution in [3.05, 3.63) is 29.3 Å². The molecule has 1 amide bonds. The third-order valence-electron chi connectivity index (χ3n) is 3.11. The van der Waals surface area contributed by atoms with Gasteiger partial charge in [-0.1, -0.05) is 11.6 Å². The zero-order valence-electron chi connectivity index (χ0n) is 10.4. The highest BCUT2D eigenvalue weighted by Crippen LogP contribution is 2.26. The molecule has 1 aliphatic heterocycles. The van der Waals surface area contributed by atoms with Crippen molar-refractivity contribution in [3.8, 4) is 0 Å². The molecular formula is C12H13Cl2NO4S. The Kier molecular flexibility index (Phi) is 4.59. The molecule has 1 N–H and O–H groups in total. The first-order valence-electron chi connectivity index (χ1n) is 5.86. The molecule has 110 valence electrons. The topological polar surface area (TPSA) is 74.7 Å². The fourth-order valence-electron chi connectivity index (χ4n) is 2.24. The summed E-state index contributed by atoms with van der Waals surface area (Å²) in [5.41, 5.74) is 0.459. The SMILES string of the molecule is O=C(CCl)N(c1ccc(Cl)cc1)[C@@H]1CS(=O)(=O)C[C@@H]1O. The molecule has 0 aromatic heterocycles. The number of anilines is 1. The predicted molar refractivity (Wildman–Crippen MR) is 78.1 cm³/mol. The van der Waals surface area contributed by atoms with E-state index in [0.717, 1.165) is 0 Å². The summed E-state index contributed by atoms with van der Waals surface area (Å²) in [6.07, 6.45) is -1.12. The minimum Gasteiger partial charge on any atom is -0.390 e. The summed E-state index contributed by atoms with van der Waals surface area (Å²) in [5.74, 6) is -1.39. The van der Waals surface area contributed by atoms with Crippen LogP contribution >= 0.6 is 23.2 Å². The Morgan fingerprint density at radius 1 is 1.30 bits per heavy atom. The molecule has 2 atom stereocenters. The highest BCUT2D eigenvalue weighted by Gasteiger charge is 2.42. The fraction of sp³-hybridized carbons (Fsp3) is 0.417. The molecule has 1 aromatic rings. The van der Waals surface area contributed by atoms with Gasteiger partial charge in [-0.15, -0.1) is 11.6 Å². The highest BCUT2D eigenvalue weighted by atomic mass is 35.5. The summed E-state index contributed by atoms with van der Waals surface area (Å²) in [5, 5.41) is 10.4. The molecule has 2 rings (SSSR count). The van der Waals surface area contributed by atoms with E-state index in [4.69, 9.17) is 23.2 Å². The minimum absolute atomic E-state index is 0.278. The predicted octanol–water partition coefficient (Wildman–Crippen LogP) is 1.07. The Morgan fingerprint density at radius 3 is 2.35 bits per heavy atom. The van der Waals surface area contributed by atoms with Crippen LogP contribution in [0.1, 0.15) is 0 Å². The van der Waals surface area contributed by atoms with Crippen LogP contribution in [0, 0.1) is 0 Å². The number of rotatable bonds is 3. The lowest BCUT2D eigenvalue weighted by atomic mass is 10.1. The molecule has 1 saturated heterocycles. The summed E-state index contributed by atoms with van der Waals surface area (Å²) in [6, 6.07) is 5.52. The van der Waals surface area contributed by atoms with Crippen molar-refractivity contribution in [2.24, 2.45) is 0 Å². The van der Waals surface area contributed by atoms with E-state index in [-0.39, 0.29) is 17.4 Å². The van der Waals surface area contributed by atoms with E-state index in [1.807, 2.05) is 0 Å². The Hall–Kier alpha value is -0.820. The van der Waals surface area contributed by atoms with Crippen LogP contribution in [0.3, 0.4) is 0 Å². The van der Waals surface area contributed by atoms with Gasteiger partial charge in [0.1, 0.15) is 5.88 Å². The summed E-state index contributed by atoms with van der Waals surface area (Å²) in [7, 11) is -3.36. The lowest BCUT2D eigenvalue weighted by Crippen LogP contribution is -2.47. The summed E-state index contributed by atoms with van der Waals surface area (Å²) < 4.78 is 23.2. The number of aliphatic hydroxyl groups is 1. The van der Waals surface area contributed by atoms with Crippen molar-refractivity contribution >= 4 is 44.6 Å². The number of sulfone groups is 1. The second kappa shape index (κ2) is 5.89. The van der Waals surface area contributed by atoms with Crippen LogP contribution in [0.15, 0.2) is 24.3 Å². The molecule has 0 saturated carbocycles. The van der Waals surface area contributed by atoms with Crippen LogP contribution in [0.2, 0.25) is 5.02 Å². The number of hydrogen-bond donors (Lipinski definition) is 1. The van der Waals surface area contributed by atoms with E-state index in [9.17, 15) is 18.3 Å². The minimum atomic E-state index is -3.36. The fourth-order valence-corrected chi connectivity index (χ4v) is 4.27.